The Bertz CT molecular complexity index is 662. The van der Waals surface area contributed by atoms with Crippen molar-refractivity contribution in [3.63, 3.8) is 0 Å². The molecule has 0 atom stereocenters. The molecule has 2 N–H and O–H groups in total. The van der Waals surface area contributed by atoms with Gasteiger partial charge in [0.25, 0.3) is 0 Å². The van der Waals surface area contributed by atoms with Crippen molar-refractivity contribution in [3.8, 4) is 0 Å². The molecule has 0 aromatic heterocycles. The number of benzene rings is 1. The second-order valence-electron chi connectivity index (χ2n) is 6.24. The normalized spacial score (nSPS) is 16.6. The molecule has 9 heteroatoms. The molecule has 1 aliphatic rings. The lowest BCUT2D eigenvalue weighted by atomic mass is 9.98. The molecule has 154 valence electrons. The first-order valence-electron chi connectivity index (χ1n) is 9.15. The SMILES string of the molecule is CCOCCNC(=NC)NCC1CCN(S(=O)(=O)c2ccccc2)CC1.I. The van der Waals surface area contributed by atoms with Crippen molar-refractivity contribution in [2.45, 2.75) is 24.7 Å². The Balaban J connectivity index is 0.00000364. The third-order valence-corrected chi connectivity index (χ3v) is 6.39. The first-order chi connectivity index (χ1) is 12.6. The number of guanidine groups is 1. The van der Waals surface area contributed by atoms with Gasteiger partial charge in [-0.25, -0.2) is 8.42 Å². The van der Waals surface area contributed by atoms with Gasteiger partial charge in [-0.1, -0.05) is 18.2 Å². The Morgan fingerprint density at radius 3 is 2.48 bits per heavy atom. The van der Waals surface area contributed by atoms with E-state index in [0.29, 0.717) is 43.7 Å². The van der Waals surface area contributed by atoms with Crippen LogP contribution in [0.4, 0.5) is 0 Å². The highest BCUT2D eigenvalue weighted by molar-refractivity contribution is 14.0. The van der Waals surface area contributed by atoms with E-state index in [4.69, 9.17) is 4.74 Å². The molecule has 1 aliphatic heterocycles. The molecular formula is C18H31IN4O3S. The predicted octanol–water partition coefficient (Wildman–Crippen LogP) is 1.91. The van der Waals surface area contributed by atoms with Gasteiger partial charge in [-0.2, -0.15) is 4.31 Å². The van der Waals surface area contributed by atoms with Crippen molar-refractivity contribution in [1.82, 2.24) is 14.9 Å². The van der Waals surface area contributed by atoms with Crippen LogP contribution in [0.5, 0.6) is 0 Å². The highest BCUT2D eigenvalue weighted by Crippen LogP contribution is 2.23. The fraction of sp³-hybridized carbons (Fsp3) is 0.611. The van der Waals surface area contributed by atoms with Gasteiger partial charge in [0.05, 0.1) is 11.5 Å². The first-order valence-corrected chi connectivity index (χ1v) is 10.6. The number of nitrogens with one attached hydrogen (secondary N) is 2. The van der Waals surface area contributed by atoms with E-state index in [1.54, 1.807) is 35.6 Å². The van der Waals surface area contributed by atoms with Crippen molar-refractivity contribution in [1.29, 1.82) is 0 Å². The van der Waals surface area contributed by atoms with Crippen LogP contribution in [-0.4, -0.2) is 65.1 Å². The summed E-state index contributed by atoms with van der Waals surface area (Å²) in [5.41, 5.74) is 0. The highest BCUT2D eigenvalue weighted by atomic mass is 127. The summed E-state index contributed by atoms with van der Waals surface area (Å²) >= 11 is 0. The van der Waals surface area contributed by atoms with Crippen molar-refractivity contribution in [2.75, 3.05) is 46.4 Å². The van der Waals surface area contributed by atoms with Gasteiger partial charge >= 0.3 is 0 Å². The lowest BCUT2D eigenvalue weighted by Crippen LogP contribution is -2.44. The highest BCUT2D eigenvalue weighted by Gasteiger charge is 2.29. The summed E-state index contributed by atoms with van der Waals surface area (Å²) < 4.78 is 32.2. The Morgan fingerprint density at radius 1 is 1.22 bits per heavy atom. The average molecular weight is 510 g/mol. The minimum atomic E-state index is -3.38. The first kappa shape index (κ1) is 24.1. The van der Waals surface area contributed by atoms with Crippen LogP contribution in [0, 0.1) is 5.92 Å². The zero-order valence-electron chi connectivity index (χ0n) is 16.1. The van der Waals surface area contributed by atoms with Gasteiger partial charge in [-0.05, 0) is 37.8 Å². The average Bonchev–Trinajstić information content (AvgIpc) is 2.68. The second kappa shape index (κ2) is 12.5. The maximum absolute atomic E-state index is 12.6. The third-order valence-electron chi connectivity index (χ3n) is 4.48. The van der Waals surface area contributed by atoms with Gasteiger partial charge in [0, 0.05) is 39.8 Å². The Labute approximate surface area is 180 Å². The second-order valence-corrected chi connectivity index (χ2v) is 8.18. The molecule has 1 fully saturated rings. The summed E-state index contributed by atoms with van der Waals surface area (Å²) in [7, 11) is -1.63. The van der Waals surface area contributed by atoms with Crippen LogP contribution in [0.2, 0.25) is 0 Å². The van der Waals surface area contributed by atoms with E-state index in [9.17, 15) is 8.42 Å². The number of rotatable bonds is 8. The number of ether oxygens (including phenoxy) is 1. The lowest BCUT2D eigenvalue weighted by molar-refractivity contribution is 0.152. The standard InChI is InChI=1S/C18H30N4O3S.HI/c1-3-25-14-11-20-18(19-2)21-15-16-9-12-22(13-10-16)26(23,24)17-7-5-4-6-8-17;/h4-8,16H,3,9-15H2,1-2H3,(H2,19,20,21);1H. The number of aliphatic imine (C=N–C) groups is 1. The summed E-state index contributed by atoms with van der Waals surface area (Å²) in [6, 6.07) is 8.65. The maximum atomic E-state index is 12.6. The summed E-state index contributed by atoms with van der Waals surface area (Å²) in [5, 5.41) is 6.52. The number of sulfonamides is 1. The molecule has 0 bridgehead atoms. The van der Waals surface area contributed by atoms with Crippen molar-refractivity contribution in [3.05, 3.63) is 30.3 Å². The molecule has 0 unspecified atom stereocenters. The summed E-state index contributed by atoms with van der Waals surface area (Å²) in [5.74, 6) is 1.19. The number of piperidine rings is 1. The van der Waals surface area contributed by atoms with E-state index in [-0.39, 0.29) is 24.0 Å². The molecule has 27 heavy (non-hydrogen) atoms. The molecule has 0 saturated carbocycles. The fourth-order valence-corrected chi connectivity index (χ4v) is 4.43. The zero-order valence-corrected chi connectivity index (χ0v) is 19.2. The number of halogens is 1. The monoisotopic (exact) mass is 510 g/mol. The van der Waals surface area contributed by atoms with Gasteiger partial charge < -0.3 is 15.4 Å². The summed E-state index contributed by atoms with van der Waals surface area (Å²) in [6.07, 6.45) is 1.68. The van der Waals surface area contributed by atoms with Gasteiger partial charge in [-0.3, -0.25) is 4.99 Å². The third kappa shape index (κ3) is 7.55. The summed E-state index contributed by atoms with van der Waals surface area (Å²) in [6.45, 7) is 5.93. The van der Waals surface area contributed by atoms with Crippen molar-refractivity contribution >= 4 is 40.0 Å². The maximum Gasteiger partial charge on any atom is 0.243 e. The van der Waals surface area contributed by atoms with Gasteiger partial charge in [0.15, 0.2) is 5.96 Å². The van der Waals surface area contributed by atoms with Gasteiger partial charge in [0.1, 0.15) is 0 Å². The number of nitrogens with zero attached hydrogens (tertiary/aromatic N) is 2. The van der Waals surface area contributed by atoms with Crippen molar-refractivity contribution < 1.29 is 13.2 Å². The topological polar surface area (TPSA) is 83.0 Å². The molecule has 1 heterocycles. The number of hydrogen-bond acceptors (Lipinski definition) is 4. The van der Waals surface area contributed by atoms with E-state index in [1.165, 1.54) is 0 Å². The van der Waals surface area contributed by atoms with Gasteiger partial charge in [0.2, 0.25) is 10.0 Å². The number of hydrogen-bond donors (Lipinski definition) is 2. The van der Waals surface area contributed by atoms with Crippen LogP contribution in [0.25, 0.3) is 0 Å². The molecule has 1 aromatic rings. The van der Waals surface area contributed by atoms with E-state index < -0.39 is 10.0 Å². The van der Waals surface area contributed by atoms with Crippen LogP contribution in [0.1, 0.15) is 19.8 Å². The molecule has 1 aromatic carbocycles. The molecule has 0 aliphatic carbocycles. The van der Waals surface area contributed by atoms with E-state index in [2.05, 4.69) is 15.6 Å². The Hall–Kier alpha value is -0.910. The Kier molecular flexibility index (Phi) is 11.2. The molecule has 0 spiro atoms. The van der Waals surface area contributed by atoms with Crippen LogP contribution in [-0.2, 0) is 14.8 Å². The van der Waals surface area contributed by atoms with E-state index >= 15 is 0 Å². The van der Waals surface area contributed by atoms with Crippen LogP contribution < -0.4 is 10.6 Å². The minimum absolute atomic E-state index is 0. The van der Waals surface area contributed by atoms with Gasteiger partial charge in [-0.15, -0.1) is 24.0 Å². The van der Waals surface area contributed by atoms with E-state index in [0.717, 1.165) is 25.3 Å². The van der Waals surface area contributed by atoms with Crippen molar-refractivity contribution in [2.24, 2.45) is 10.9 Å². The lowest BCUT2D eigenvalue weighted by Gasteiger charge is -2.31. The van der Waals surface area contributed by atoms with E-state index in [1.807, 2.05) is 13.0 Å². The molecule has 1 saturated heterocycles. The quantitative estimate of drug-likeness (QED) is 0.242. The molecular weight excluding hydrogens is 479 g/mol. The van der Waals surface area contributed by atoms with Crippen LogP contribution in [0.3, 0.4) is 0 Å². The predicted molar refractivity (Wildman–Crippen MR) is 119 cm³/mol. The molecule has 0 radical (unpaired) electrons. The Morgan fingerprint density at radius 2 is 1.89 bits per heavy atom. The molecule has 2 rings (SSSR count). The van der Waals surface area contributed by atoms with Crippen LogP contribution >= 0.6 is 24.0 Å². The van der Waals surface area contributed by atoms with Crippen LogP contribution in [0.15, 0.2) is 40.2 Å². The minimum Gasteiger partial charge on any atom is -0.380 e. The molecule has 0 amide bonds. The fourth-order valence-electron chi connectivity index (χ4n) is 2.94. The largest absolute Gasteiger partial charge is 0.380 e. The summed E-state index contributed by atoms with van der Waals surface area (Å²) in [4.78, 5) is 4.57. The molecule has 7 nitrogen and oxygen atoms in total. The zero-order chi connectivity index (χ0) is 18.8. The smallest absolute Gasteiger partial charge is 0.243 e.